The summed E-state index contributed by atoms with van der Waals surface area (Å²) in [4.78, 5) is 5.50. The molecule has 0 saturated carbocycles. The van der Waals surface area contributed by atoms with Crippen LogP contribution in [0.25, 0.3) is 0 Å². The maximum atomic E-state index is 12.8. The number of halogens is 3. The van der Waals surface area contributed by atoms with Gasteiger partial charge in [-0.3, -0.25) is 4.98 Å². The molecule has 1 aliphatic rings. The van der Waals surface area contributed by atoms with Gasteiger partial charge in [0.1, 0.15) is 0 Å². The minimum Gasteiger partial charge on any atom is -0.369 e. The van der Waals surface area contributed by atoms with E-state index < -0.39 is 11.7 Å². The minimum absolute atomic E-state index is 0.163. The average molecular weight is 245 g/mol. The fourth-order valence-corrected chi connectivity index (χ4v) is 2.12. The van der Waals surface area contributed by atoms with Crippen molar-refractivity contribution in [1.29, 1.82) is 0 Å². The van der Waals surface area contributed by atoms with Crippen LogP contribution in [0.4, 0.5) is 18.9 Å². The van der Waals surface area contributed by atoms with E-state index in [2.05, 4.69) is 4.98 Å². The van der Waals surface area contributed by atoms with Gasteiger partial charge in [0.25, 0.3) is 0 Å². The van der Waals surface area contributed by atoms with E-state index in [-0.39, 0.29) is 11.6 Å². The van der Waals surface area contributed by atoms with E-state index in [1.165, 1.54) is 12.4 Å². The highest BCUT2D eigenvalue weighted by atomic mass is 19.4. The summed E-state index contributed by atoms with van der Waals surface area (Å²) in [5.41, 5.74) is 5.08. The number of rotatable bonds is 2. The lowest BCUT2D eigenvalue weighted by Crippen LogP contribution is -2.25. The van der Waals surface area contributed by atoms with Crippen molar-refractivity contribution in [3.63, 3.8) is 0 Å². The molecule has 17 heavy (non-hydrogen) atoms. The number of hydrogen-bond donors (Lipinski definition) is 1. The van der Waals surface area contributed by atoms with Crippen molar-refractivity contribution in [1.82, 2.24) is 4.98 Å². The molecule has 1 atom stereocenters. The van der Waals surface area contributed by atoms with Gasteiger partial charge in [-0.25, -0.2) is 0 Å². The molecule has 0 aliphatic carbocycles. The number of anilines is 1. The van der Waals surface area contributed by atoms with Crippen molar-refractivity contribution >= 4 is 5.69 Å². The van der Waals surface area contributed by atoms with E-state index >= 15 is 0 Å². The fourth-order valence-electron chi connectivity index (χ4n) is 2.12. The monoisotopic (exact) mass is 245 g/mol. The maximum absolute atomic E-state index is 12.8. The summed E-state index contributed by atoms with van der Waals surface area (Å²) in [5.74, 6) is 0.274. The van der Waals surface area contributed by atoms with Crippen LogP contribution in [0, 0.1) is 5.92 Å². The van der Waals surface area contributed by atoms with Gasteiger partial charge in [0.15, 0.2) is 0 Å². The van der Waals surface area contributed by atoms with Crippen LogP contribution in [0.3, 0.4) is 0 Å². The molecule has 2 N–H and O–H groups in total. The number of alkyl halides is 3. The summed E-state index contributed by atoms with van der Waals surface area (Å²) in [6.07, 6.45) is -1.05. The molecule has 0 radical (unpaired) electrons. The highest BCUT2D eigenvalue weighted by Gasteiger charge is 2.36. The first kappa shape index (κ1) is 12.2. The highest BCUT2D eigenvalue weighted by Crippen LogP contribution is 2.37. The third kappa shape index (κ3) is 2.52. The predicted octanol–water partition coefficient (Wildman–Crippen LogP) is 1.89. The second-order valence-corrected chi connectivity index (χ2v) is 4.23. The SMILES string of the molecule is NCC1CCN(c2cnccc2C(F)(F)F)C1. The molecular weight excluding hydrogens is 231 g/mol. The standard InChI is InChI=1S/C11H14F3N3/c12-11(13,14)9-1-3-16-6-10(9)17-4-2-8(5-15)7-17/h1,3,6,8H,2,4-5,7,15H2. The zero-order valence-electron chi connectivity index (χ0n) is 9.24. The van der Waals surface area contributed by atoms with E-state index in [4.69, 9.17) is 5.73 Å². The Morgan fingerprint density at radius 3 is 2.82 bits per heavy atom. The molecule has 1 fully saturated rings. The fraction of sp³-hybridized carbons (Fsp3) is 0.545. The van der Waals surface area contributed by atoms with Crippen LogP contribution in [-0.4, -0.2) is 24.6 Å². The maximum Gasteiger partial charge on any atom is 0.418 e. The van der Waals surface area contributed by atoms with E-state index in [1.54, 1.807) is 4.90 Å². The Hall–Kier alpha value is -1.30. The summed E-state index contributed by atoms with van der Waals surface area (Å²) < 4.78 is 38.4. The average Bonchev–Trinajstić information content (AvgIpc) is 2.76. The van der Waals surface area contributed by atoms with Gasteiger partial charge in [0.2, 0.25) is 0 Å². The Morgan fingerprint density at radius 1 is 1.47 bits per heavy atom. The Morgan fingerprint density at radius 2 is 2.24 bits per heavy atom. The third-order valence-corrected chi connectivity index (χ3v) is 3.07. The van der Waals surface area contributed by atoms with Crippen molar-refractivity contribution in [3.8, 4) is 0 Å². The number of nitrogens with two attached hydrogens (primary N) is 1. The lowest BCUT2D eigenvalue weighted by atomic mass is 10.1. The first-order valence-corrected chi connectivity index (χ1v) is 5.48. The van der Waals surface area contributed by atoms with E-state index in [0.717, 1.165) is 12.5 Å². The summed E-state index contributed by atoms with van der Waals surface area (Å²) in [6.45, 7) is 1.69. The second-order valence-electron chi connectivity index (χ2n) is 4.23. The topological polar surface area (TPSA) is 42.1 Å². The van der Waals surface area contributed by atoms with E-state index in [0.29, 0.717) is 19.6 Å². The lowest BCUT2D eigenvalue weighted by Gasteiger charge is -2.22. The van der Waals surface area contributed by atoms with Crippen molar-refractivity contribution in [2.24, 2.45) is 11.7 Å². The first-order valence-electron chi connectivity index (χ1n) is 5.48. The summed E-state index contributed by atoms with van der Waals surface area (Å²) >= 11 is 0. The smallest absolute Gasteiger partial charge is 0.369 e. The summed E-state index contributed by atoms with van der Waals surface area (Å²) in [6, 6.07) is 1.02. The van der Waals surface area contributed by atoms with Crippen molar-refractivity contribution < 1.29 is 13.2 Å². The second kappa shape index (κ2) is 4.52. The number of nitrogens with zero attached hydrogens (tertiary/aromatic N) is 2. The van der Waals surface area contributed by atoms with Crippen LogP contribution < -0.4 is 10.6 Å². The number of hydrogen-bond acceptors (Lipinski definition) is 3. The van der Waals surface area contributed by atoms with Crippen LogP contribution >= 0.6 is 0 Å². The van der Waals surface area contributed by atoms with Gasteiger partial charge < -0.3 is 10.6 Å². The van der Waals surface area contributed by atoms with Crippen molar-refractivity contribution in [3.05, 3.63) is 24.0 Å². The summed E-state index contributed by atoms with van der Waals surface area (Å²) in [5, 5.41) is 0. The molecule has 94 valence electrons. The molecule has 6 heteroatoms. The highest BCUT2D eigenvalue weighted by molar-refractivity contribution is 5.53. The molecule has 2 heterocycles. The largest absolute Gasteiger partial charge is 0.418 e. The molecule has 0 aromatic carbocycles. The zero-order valence-corrected chi connectivity index (χ0v) is 9.24. The Kier molecular flexibility index (Phi) is 3.24. The molecular formula is C11H14F3N3. The van der Waals surface area contributed by atoms with Gasteiger partial charge in [-0.2, -0.15) is 13.2 Å². The van der Waals surface area contributed by atoms with E-state index in [9.17, 15) is 13.2 Å². The van der Waals surface area contributed by atoms with Gasteiger partial charge in [-0.15, -0.1) is 0 Å². The van der Waals surface area contributed by atoms with Crippen molar-refractivity contribution in [2.75, 3.05) is 24.5 Å². The zero-order chi connectivity index (χ0) is 12.5. The number of aromatic nitrogens is 1. The molecule has 1 unspecified atom stereocenters. The van der Waals surface area contributed by atoms with Crippen LogP contribution in [0.2, 0.25) is 0 Å². The van der Waals surface area contributed by atoms with Crippen LogP contribution in [0.15, 0.2) is 18.5 Å². The minimum atomic E-state index is -4.33. The lowest BCUT2D eigenvalue weighted by molar-refractivity contribution is -0.137. The van der Waals surface area contributed by atoms with Gasteiger partial charge in [0.05, 0.1) is 17.4 Å². The van der Waals surface area contributed by atoms with Gasteiger partial charge in [-0.1, -0.05) is 0 Å². The molecule has 0 amide bonds. The first-order chi connectivity index (χ1) is 8.02. The van der Waals surface area contributed by atoms with Gasteiger partial charge in [0, 0.05) is 19.3 Å². The van der Waals surface area contributed by atoms with Crippen LogP contribution in [0.5, 0.6) is 0 Å². The Bertz CT molecular complexity index is 392. The van der Waals surface area contributed by atoms with Gasteiger partial charge in [-0.05, 0) is 24.9 Å². The van der Waals surface area contributed by atoms with Crippen LogP contribution in [0.1, 0.15) is 12.0 Å². The normalized spacial score (nSPS) is 20.9. The molecule has 2 rings (SSSR count). The molecule has 1 aliphatic heterocycles. The molecule has 1 aromatic rings. The molecule has 0 spiro atoms. The third-order valence-electron chi connectivity index (χ3n) is 3.07. The molecule has 1 aromatic heterocycles. The number of pyridine rings is 1. The Balaban J connectivity index is 2.27. The summed E-state index contributed by atoms with van der Waals surface area (Å²) in [7, 11) is 0. The predicted molar refractivity (Wildman–Crippen MR) is 58.6 cm³/mol. The molecule has 0 bridgehead atoms. The quantitative estimate of drug-likeness (QED) is 0.865. The Labute approximate surface area is 97.4 Å². The van der Waals surface area contributed by atoms with Crippen molar-refractivity contribution in [2.45, 2.75) is 12.6 Å². The van der Waals surface area contributed by atoms with E-state index in [1.807, 2.05) is 0 Å². The van der Waals surface area contributed by atoms with Gasteiger partial charge >= 0.3 is 6.18 Å². The molecule has 1 saturated heterocycles. The molecule has 3 nitrogen and oxygen atoms in total. The van der Waals surface area contributed by atoms with Crippen LogP contribution in [-0.2, 0) is 6.18 Å².